The summed E-state index contributed by atoms with van der Waals surface area (Å²) < 4.78 is 1.86. The number of aryl methyl sites for hydroxylation is 1. The Kier molecular flexibility index (Phi) is 5.63. The third-order valence-corrected chi connectivity index (χ3v) is 5.21. The third-order valence-electron chi connectivity index (χ3n) is 3.45. The normalized spacial score (nSPS) is 10.7. The van der Waals surface area contributed by atoms with E-state index in [2.05, 4.69) is 15.5 Å². The predicted octanol–water partition coefficient (Wildman–Crippen LogP) is 4.61. The van der Waals surface area contributed by atoms with Gasteiger partial charge in [0.15, 0.2) is 5.16 Å². The summed E-state index contributed by atoms with van der Waals surface area (Å²) in [5, 5.41) is 12.2. The molecule has 0 aliphatic heterocycles. The second-order valence-electron chi connectivity index (χ2n) is 5.21. The number of aromatic nitrogens is 3. The molecular formula is C17H14Cl2N4OS. The molecule has 1 heterocycles. The Balaban J connectivity index is 1.69. The second-order valence-corrected chi connectivity index (χ2v) is 6.94. The highest BCUT2D eigenvalue weighted by atomic mass is 35.5. The van der Waals surface area contributed by atoms with Gasteiger partial charge in [0.05, 0.1) is 27.2 Å². The van der Waals surface area contributed by atoms with E-state index < -0.39 is 0 Å². The van der Waals surface area contributed by atoms with Crippen molar-refractivity contribution in [1.82, 2.24) is 14.8 Å². The fraction of sp³-hybridized carbons (Fsp3) is 0.118. The van der Waals surface area contributed by atoms with Gasteiger partial charge in [0, 0.05) is 0 Å². The Bertz CT molecular complexity index is 913. The molecule has 128 valence electrons. The molecule has 0 spiro atoms. The Morgan fingerprint density at radius 3 is 2.80 bits per heavy atom. The van der Waals surface area contributed by atoms with Gasteiger partial charge in [-0.1, -0.05) is 59.2 Å². The van der Waals surface area contributed by atoms with Gasteiger partial charge < -0.3 is 5.32 Å². The van der Waals surface area contributed by atoms with Gasteiger partial charge >= 0.3 is 0 Å². The van der Waals surface area contributed by atoms with E-state index in [-0.39, 0.29) is 11.7 Å². The lowest BCUT2D eigenvalue weighted by Crippen LogP contribution is -2.15. The van der Waals surface area contributed by atoms with Crippen molar-refractivity contribution in [1.29, 1.82) is 0 Å². The first-order valence-electron chi connectivity index (χ1n) is 7.39. The molecule has 1 amide bonds. The minimum absolute atomic E-state index is 0.174. The first-order valence-corrected chi connectivity index (χ1v) is 9.13. The maximum atomic E-state index is 12.2. The summed E-state index contributed by atoms with van der Waals surface area (Å²) in [6, 6.07) is 13.0. The molecule has 0 atom stereocenters. The zero-order valence-corrected chi connectivity index (χ0v) is 15.6. The molecule has 0 saturated heterocycles. The summed E-state index contributed by atoms with van der Waals surface area (Å²) >= 11 is 13.3. The van der Waals surface area contributed by atoms with E-state index in [0.29, 0.717) is 20.9 Å². The van der Waals surface area contributed by atoms with Crippen molar-refractivity contribution in [2.24, 2.45) is 0 Å². The minimum atomic E-state index is -0.200. The van der Waals surface area contributed by atoms with Crippen LogP contribution >= 0.6 is 35.0 Å². The monoisotopic (exact) mass is 392 g/mol. The molecule has 0 fully saturated rings. The molecule has 0 bridgehead atoms. The molecule has 0 unspecified atom stereocenters. The average Bonchev–Trinajstić information content (AvgIpc) is 3.06. The molecule has 0 aliphatic carbocycles. The molecule has 1 aromatic heterocycles. The van der Waals surface area contributed by atoms with Crippen LogP contribution in [0.15, 0.2) is 53.9 Å². The summed E-state index contributed by atoms with van der Waals surface area (Å²) in [5.41, 5.74) is 2.56. The zero-order valence-electron chi connectivity index (χ0n) is 13.2. The minimum Gasteiger partial charge on any atom is -0.324 e. The molecule has 3 aromatic rings. The fourth-order valence-electron chi connectivity index (χ4n) is 2.24. The Labute approximate surface area is 159 Å². The van der Waals surface area contributed by atoms with Crippen molar-refractivity contribution in [2.45, 2.75) is 12.1 Å². The van der Waals surface area contributed by atoms with E-state index in [1.54, 1.807) is 24.5 Å². The van der Waals surface area contributed by atoms with E-state index in [1.807, 2.05) is 35.8 Å². The Morgan fingerprint density at radius 2 is 2.00 bits per heavy atom. The number of carbonyl (C=O) groups is 1. The molecule has 3 rings (SSSR count). The SMILES string of the molecule is Cc1ccccc1-n1cnnc1SCC(=O)Nc1cccc(Cl)c1Cl. The van der Waals surface area contributed by atoms with Crippen molar-refractivity contribution in [3.05, 3.63) is 64.4 Å². The summed E-state index contributed by atoms with van der Waals surface area (Å²) in [7, 11) is 0. The van der Waals surface area contributed by atoms with Crippen LogP contribution in [-0.4, -0.2) is 26.4 Å². The van der Waals surface area contributed by atoms with Crippen LogP contribution in [0.5, 0.6) is 0 Å². The summed E-state index contributed by atoms with van der Waals surface area (Å²) in [5.74, 6) is -0.0264. The summed E-state index contributed by atoms with van der Waals surface area (Å²) in [6.07, 6.45) is 1.64. The second kappa shape index (κ2) is 7.91. The van der Waals surface area contributed by atoms with Gasteiger partial charge in [-0.15, -0.1) is 10.2 Å². The van der Waals surface area contributed by atoms with E-state index >= 15 is 0 Å². The lowest BCUT2D eigenvalue weighted by atomic mass is 10.2. The van der Waals surface area contributed by atoms with Crippen LogP contribution in [0.25, 0.3) is 5.69 Å². The highest BCUT2D eigenvalue weighted by molar-refractivity contribution is 7.99. The van der Waals surface area contributed by atoms with E-state index in [4.69, 9.17) is 23.2 Å². The van der Waals surface area contributed by atoms with Gasteiger partial charge in [-0.2, -0.15) is 0 Å². The molecule has 8 heteroatoms. The van der Waals surface area contributed by atoms with E-state index in [1.165, 1.54) is 11.8 Å². The van der Waals surface area contributed by atoms with E-state index in [9.17, 15) is 4.79 Å². The average molecular weight is 393 g/mol. The van der Waals surface area contributed by atoms with Gasteiger partial charge in [0.2, 0.25) is 5.91 Å². The number of halogens is 2. The largest absolute Gasteiger partial charge is 0.324 e. The first-order chi connectivity index (χ1) is 12.1. The third kappa shape index (κ3) is 4.15. The number of rotatable bonds is 5. The topological polar surface area (TPSA) is 59.8 Å². The molecule has 25 heavy (non-hydrogen) atoms. The van der Waals surface area contributed by atoms with Crippen LogP contribution < -0.4 is 5.32 Å². The maximum absolute atomic E-state index is 12.2. The fourth-order valence-corrected chi connectivity index (χ4v) is 3.31. The number of carbonyl (C=O) groups excluding carboxylic acids is 1. The summed E-state index contributed by atoms with van der Waals surface area (Å²) in [4.78, 5) is 12.2. The summed E-state index contributed by atoms with van der Waals surface area (Å²) in [6.45, 7) is 2.01. The van der Waals surface area contributed by atoms with Crippen molar-refractivity contribution in [3.63, 3.8) is 0 Å². The van der Waals surface area contributed by atoms with Crippen LogP contribution in [0.2, 0.25) is 10.0 Å². The van der Waals surface area contributed by atoms with Gasteiger partial charge in [-0.25, -0.2) is 0 Å². The number of para-hydroxylation sites is 1. The van der Waals surface area contributed by atoms with Crippen LogP contribution in [0, 0.1) is 6.92 Å². The molecule has 0 radical (unpaired) electrons. The molecule has 5 nitrogen and oxygen atoms in total. The van der Waals surface area contributed by atoms with Crippen molar-refractivity contribution >= 4 is 46.6 Å². The number of hydrogen-bond donors (Lipinski definition) is 1. The van der Waals surface area contributed by atoms with Crippen LogP contribution in [-0.2, 0) is 4.79 Å². The molecular weight excluding hydrogens is 379 g/mol. The van der Waals surface area contributed by atoms with Gasteiger partial charge in [0.25, 0.3) is 0 Å². The Hall–Kier alpha value is -2.02. The number of thioether (sulfide) groups is 1. The first kappa shape index (κ1) is 17.8. The number of benzene rings is 2. The van der Waals surface area contributed by atoms with Gasteiger partial charge in [0.1, 0.15) is 6.33 Å². The highest BCUT2D eigenvalue weighted by Gasteiger charge is 2.13. The quantitative estimate of drug-likeness (QED) is 0.643. The van der Waals surface area contributed by atoms with Crippen molar-refractivity contribution < 1.29 is 4.79 Å². The van der Waals surface area contributed by atoms with Crippen molar-refractivity contribution in [3.8, 4) is 5.69 Å². The maximum Gasteiger partial charge on any atom is 0.234 e. The number of anilines is 1. The molecule has 0 aliphatic rings. The zero-order chi connectivity index (χ0) is 17.8. The number of nitrogens with one attached hydrogen (secondary N) is 1. The lowest BCUT2D eigenvalue weighted by Gasteiger charge is -2.10. The standard InChI is InChI=1S/C17H14Cl2N4OS/c1-11-5-2-3-8-14(11)23-10-20-22-17(23)25-9-15(24)21-13-7-4-6-12(18)16(13)19/h2-8,10H,9H2,1H3,(H,21,24). The Morgan fingerprint density at radius 1 is 1.20 bits per heavy atom. The number of nitrogens with zero attached hydrogens (tertiary/aromatic N) is 3. The van der Waals surface area contributed by atoms with E-state index in [0.717, 1.165) is 11.3 Å². The molecule has 0 saturated carbocycles. The predicted molar refractivity (Wildman–Crippen MR) is 102 cm³/mol. The smallest absolute Gasteiger partial charge is 0.234 e. The number of amides is 1. The highest BCUT2D eigenvalue weighted by Crippen LogP contribution is 2.30. The lowest BCUT2D eigenvalue weighted by molar-refractivity contribution is -0.113. The van der Waals surface area contributed by atoms with Crippen LogP contribution in [0.3, 0.4) is 0 Å². The van der Waals surface area contributed by atoms with Gasteiger partial charge in [-0.3, -0.25) is 9.36 Å². The van der Waals surface area contributed by atoms with Crippen LogP contribution in [0.1, 0.15) is 5.56 Å². The van der Waals surface area contributed by atoms with Gasteiger partial charge in [-0.05, 0) is 30.7 Å². The van der Waals surface area contributed by atoms with Crippen LogP contribution in [0.4, 0.5) is 5.69 Å². The number of hydrogen-bond acceptors (Lipinski definition) is 4. The molecule has 1 N–H and O–H groups in total. The van der Waals surface area contributed by atoms with Crippen molar-refractivity contribution in [2.75, 3.05) is 11.1 Å². The molecule has 2 aromatic carbocycles.